The van der Waals surface area contributed by atoms with Crippen LogP contribution in [0.5, 0.6) is 0 Å². The first-order chi connectivity index (χ1) is 19.7. The molecular formula is C30H40F3N7O2. The fourth-order valence-corrected chi connectivity index (χ4v) is 4.75. The molecule has 0 unspecified atom stereocenters. The molecule has 1 aromatic heterocycles. The van der Waals surface area contributed by atoms with Crippen LogP contribution in [0.2, 0.25) is 0 Å². The number of nitrogens with zero attached hydrogens (tertiary/aromatic N) is 5. The molecule has 12 heteroatoms. The highest BCUT2D eigenvalue weighted by molar-refractivity contribution is 5.87. The van der Waals surface area contributed by atoms with Crippen molar-refractivity contribution in [3.63, 3.8) is 0 Å². The maximum Gasteiger partial charge on any atom is 0.435 e. The lowest BCUT2D eigenvalue weighted by atomic mass is 9.92. The quantitative estimate of drug-likeness (QED) is 0.286. The Bertz CT molecular complexity index is 1370. The van der Waals surface area contributed by atoms with Gasteiger partial charge in [-0.3, -0.25) is 14.7 Å². The number of allylic oxidation sites excluding steroid dienone is 1. The van der Waals surface area contributed by atoms with E-state index in [1.54, 1.807) is 25.1 Å². The number of aliphatic hydroxyl groups excluding tert-OH is 1. The molecular weight excluding hydrogens is 547 g/mol. The minimum Gasteiger partial charge on any atom is -0.404 e. The van der Waals surface area contributed by atoms with Crippen LogP contribution < -0.4 is 11.1 Å². The number of anilines is 1. The van der Waals surface area contributed by atoms with Gasteiger partial charge in [0.2, 0.25) is 5.91 Å². The van der Waals surface area contributed by atoms with Crippen molar-refractivity contribution in [2.75, 3.05) is 52.8 Å². The van der Waals surface area contributed by atoms with Gasteiger partial charge in [-0.1, -0.05) is 17.7 Å². The van der Waals surface area contributed by atoms with Crippen molar-refractivity contribution in [2.24, 2.45) is 10.7 Å². The number of likely N-dealkylation sites (N-methyl/N-ethyl adjacent to an activating group) is 2. The van der Waals surface area contributed by atoms with Crippen LogP contribution in [-0.4, -0.2) is 84.4 Å². The molecule has 2 heterocycles. The number of pyridine rings is 1. The van der Waals surface area contributed by atoms with Crippen LogP contribution in [0.4, 0.5) is 18.9 Å². The Labute approximate surface area is 245 Å². The molecule has 1 aliphatic heterocycles. The average Bonchev–Trinajstić information content (AvgIpc) is 2.92. The summed E-state index contributed by atoms with van der Waals surface area (Å²) in [5, 5.41) is 13.3. The maximum absolute atomic E-state index is 13.8. The second-order valence-electron chi connectivity index (χ2n) is 10.7. The van der Waals surface area contributed by atoms with Crippen molar-refractivity contribution in [1.82, 2.24) is 19.7 Å². The number of aryl methyl sites for hydroxylation is 2. The molecule has 4 N–H and O–H groups in total. The minimum absolute atomic E-state index is 0.0369. The number of aliphatic hydroxyl groups is 1. The number of hydrogen-bond acceptors (Lipinski definition) is 8. The van der Waals surface area contributed by atoms with Gasteiger partial charge in [0.15, 0.2) is 5.69 Å². The third-order valence-corrected chi connectivity index (χ3v) is 7.04. The number of aliphatic imine (C=N–C) groups is 1. The molecule has 1 fully saturated rings. The van der Waals surface area contributed by atoms with Gasteiger partial charge < -0.3 is 26.0 Å². The summed E-state index contributed by atoms with van der Waals surface area (Å²) in [6, 6.07) is 6.05. The van der Waals surface area contributed by atoms with E-state index in [2.05, 4.69) is 15.3 Å². The fourth-order valence-electron chi connectivity index (χ4n) is 4.75. The van der Waals surface area contributed by atoms with Crippen molar-refractivity contribution in [3.8, 4) is 0 Å². The topological polar surface area (TPSA) is 110 Å². The highest BCUT2D eigenvalue weighted by Gasteiger charge is 2.36. The fraction of sp³-hybridized carbons (Fsp3) is 0.433. The van der Waals surface area contributed by atoms with Crippen LogP contribution in [0.3, 0.4) is 0 Å². The molecule has 0 bridgehead atoms. The SMILES string of the molecule is Cc1cc(CO)c(/C=C(C(/C=N\CN2CCN(C)C(=O)C2)=C/N)\N(C)C)c([C@@H](C)Nc2ccc(C)nc2C(F)(F)F)c1. The Balaban J connectivity index is 2.00. The zero-order valence-electron chi connectivity index (χ0n) is 25.0. The van der Waals surface area contributed by atoms with Crippen LogP contribution in [0.15, 0.2) is 46.7 Å². The zero-order valence-corrected chi connectivity index (χ0v) is 25.0. The number of nitrogens with two attached hydrogens (primary N) is 1. The number of amides is 1. The maximum atomic E-state index is 13.8. The lowest BCUT2D eigenvalue weighted by molar-refractivity contribution is -0.140. The highest BCUT2D eigenvalue weighted by atomic mass is 19.4. The monoisotopic (exact) mass is 587 g/mol. The van der Waals surface area contributed by atoms with Crippen LogP contribution in [-0.2, 0) is 17.6 Å². The van der Waals surface area contributed by atoms with Crippen LogP contribution in [0.1, 0.15) is 46.6 Å². The standard InChI is InChI=1S/C30H40F3N7O2/c1-19-11-22(17-41)25(24(12-19)21(3)37-26-8-7-20(2)36-29(26)30(31,32)33)13-27(38(4)5)23(14-34)15-35-18-40-10-9-39(6)28(42)16-40/h7-8,11-15,21,37,41H,9-10,16-18,34H2,1-6H3/b23-14+,27-13-,35-15-/t21-/m1/s1. The average molecular weight is 588 g/mol. The summed E-state index contributed by atoms with van der Waals surface area (Å²) < 4.78 is 41.4. The van der Waals surface area contributed by atoms with Crippen LogP contribution >= 0.6 is 0 Å². The van der Waals surface area contributed by atoms with Gasteiger partial charge in [0, 0.05) is 69.7 Å². The number of rotatable bonds is 10. The second kappa shape index (κ2) is 13.8. The highest BCUT2D eigenvalue weighted by Crippen LogP contribution is 2.36. The number of halogens is 3. The normalized spacial score (nSPS) is 16.3. The van der Waals surface area contributed by atoms with E-state index in [0.717, 1.165) is 5.56 Å². The Hall–Kier alpha value is -3.90. The number of alkyl halides is 3. The number of aromatic nitrogens is 1. The molecule has 228 valence electrons. The van der Waals surface area contributed by atoms with E-state index < -0.39 is 17.9 Å². The number of benzene rings is 1. The van der Waals surface area contributed by atoms with E-state index in [-0.39, 0.29) is 30.4 Å². The van der Waals surface area contributed by atoms with Gasteiger partial charge in [-0.15, -0.1) is 0 Å². The zero-order chi connectivity index (χ0) is 31.2. The lowest BCUT2D eigenvalue weighted by Gasteiger charge is -2.30. The molecule has 1 aromatic carbocycles. The van der Waals surface area contributed by atoms with Gasteiger partial charge in [-0.05, 0) is 55.7 Å². The molecule has 1 amide bonds. The molecule has 42 heavy (non-hydrogen) atoms. The summed E-state index contributed by atoms with van der Waals surface area (Å²) in [6.07, 6.45) is 0.276. The van der Waals surface area contributed by atoms with E-state index in [9.17, 15) is 23.1 Å². The van der Waals surface area contributed by atoms with E-state index in [0.29, 0.717) is 47.7 Å². The predicted molar refractivity (Wildman–Crippen MR) is 160 cm³/mol. The smallest absolute Gasteiger partial charge is 0.404 e. The van der Waals surface area contributed by atoms with Crippen LogP contribution in [0, 0.1) is 13.8 Å². The largest absolute Gasteiger partial charge is 0.435 e. The van der Waals surface area contributed by atoms with Crippen LogP contribution in [0.25, 0.3) is 6.08 Å². The first kappa shape index (κ1) is 32.6. The molecule has 2 aromatic rings. The Kier molecular flexibility index (Phi) is 10.7. The van der Waals surface area contributed by atoms with Crippen molar-refractivity contribution in [1.29, 1.82) is 0 Å². The van der Waals surface area contributed by atoms with Gasteiger partial charge >= 0.3 is 6.18 Å². The van der Waals surface area contributed by atoms with Gasteiger partial charge in [0.25, 0.3) is 0 Å². The number of carbonyl (C=O) groups excluding carboxylic acids is 1. The summed E-state index contributed by atoms with van der Waals surface area (Å²) in [5.41, 5.74) is 9.24. The summed E-state index contributed by atoms with van der Waals surface area (Å²) >= 11 is 0. The van der Waals surface area contributed by atoms with Gasteiger partial charge in [0.1, 0.15) is 0 Å². The molecule has 1 atom stereocenters. The Morgan fingerprint density at radius 1 is 1.26 bits per heavy atom. The lowest BCUT2D eigenvalue weighted by Crippen LogP contribution is -2.48. The number of hydrogen-bond donors (Lipinski definition) is 3. The summed E-state index contributed by atoms with van der Waals surface area (Å²) in [6.45, 7) is 6.82. The molecule has 0 aliphatic carbocycles. The molecule has 0 spiro atoms. The minimum atomic E-state index is -4.63. The first-order valence-electron chi connectivity index (χ1n) is 13.6. The molecule has 1 aliphatic rings. The molecule has 0 radical (unpaired) electrons. The van der Waals surface area contributed by atoms with E-state index in [1.807, 2.05) is 49.0 Å². The third-order valence-electron chi connectivity index (χ3n) is 7.04. The number of nitrogens with one attached hydrogen (secondary N) is 1. The Morgan fingerprint density at radius 3 is 2.57 bits per heavy atom. The van der Waals surface area contributed by atoms with Crippen molar-refractivity contribution in [3.05, 3.63) is 75.4 Å². The molecule has 9 nitrogen and oxygen atoms in total. The Morgan fingerprint density at radius 2 is 1.98 bits per heavy atom. The molecule has 0 saturated carbocycles. The van der Waals surface area contributed by atoms with Gasteiger partial charge in [0.05, 0.1) is 25.5 Å². The molecule has 1 saturated heterocycles. The summed E-state index contributed by atoms with van der Waals surface area (Å²) in [7, 11) is 5.45. The van der Waals surface area contributed by atoms with Gasteiger partial charge in [-0.25, -0.2) is 4.98 Å². The predicted octanol–water partition coefficient (Wildman–Crippen LogP) is 3.93. The van der Waals surface area contributed by atoms with E-state index in [4.69, 9.17) is 5.73 Å². The van der Waals surface area contributed by atoms with E-state index >= 15 is 0 Å². The van der Waals surface area contributed by atoms with Crippen molar-refractivity contribution < 1.29 is 23.1 Å². The first-order valence-corrected chi connectivity index (χ1v) is 13.6. The van der Waals surface area contributed by atoms with Crippen molar-refractivity contribution >= 4 is 23.9 Å². The number of carbonyl (C=O) groups is 1. The van der Waals surface area contributed by atoms with Gasteiger partial charge in [-0.2, -0.15) is 13.2 Å². The van der Waals surface area contributed by atoms with Crippen molar-refractivity contribution in [2.45, 2.75) is 39.6 Å². The molecule has 3 rings (SSSR count). The third kappa shape index (κ3) is 8.10. The second-order valence-corrected chi connectivity index (χ2v) is 10.7. The van der Waals surface area contributed by atoms with E-state index in [1.165, 1.54) is 25.3 Å². The summed E-state index contributed by atoms with van der Waals surface area (Å²) in [5.74, 6) is 0.0369. The number of piperazine rings is 1. The summed E-state index contributed by atoms with van der Waals surface area (Å²) in [4.78, 5) is 25.8.